The molecule has 0 unspecified atom stereocenters. The average Bonchev–Trinajstić information content (AvgIpc) is 3.11. The van der Waals surface area contributed by atoms with Crippen molar-refractivity contribution in [3.8, 4) is 0 Å². The highest BCUT2D eigenvalue weighted by Gasteiger charge is 2.33. The minimum Gasteiger partial charge on any atom is -0.339 e. The molecular formula is C21H33N3O3S2. The van der Waals surface area contributed by atoms with Crippen LogP contribution in [0.4, 0.5) is 0 Å². The van der Waals surface area contributed by atoms with Crippen LogP contribution < -0.4 is 0 Å². The number of likely N-dealkylation sites (tertiary alicyclic amines) is 2. The number of amides is 1. The number of thiophene rings is 1. The Balaban J connectivity index is 1.38. The van der Waals surface area contributed by atoms with E-state index in [4.69, 9.17) is 0 Å². The molecule has 0 saturated carbocycles. The van der Waals surface area contributed by atoms with Crippen LogP contribution in [0.2, 0.25) is 0 Å². The Bertz CT molecular complexity index is 786. The summed E-state index contributed by atoms with van der Waals surface area (Å²) in [6.07, 6.45) is 10.1. The van der Waals surface area contributed by atoms with Crippen molar-refractivity contribution >= 4 is 27.3 Å². The predicted octanol–water partition coefficient (Wildman–Crippen LogP) is 3.40. The summed E-state index contributed by atoms with van der Waals surface area (Å²) < 4.78 is 28.2. The summed E-state index contributed by atoms with van der Waals surface area (Å²) in [6, 6.07) is 2.12. The lowest BCUT2D eigenvalue weighted by Crippen LogP contribution is -2.48. The molecule has 1 aromatic heterocycles. The molecule has 162 valence electrons. The van der Waals surface area contributed by atoms with Gasteiger partial charge in [0.1, 0.15) is 4.21 Å². The molecule has 3 aliphatic heterocycles. The Hall–Kier alpha value is -0.960. The third kappa shape index (κ3) is 4.86. The summed E-state index contributed by atoms with van der Waals surface area (Å²) in [5.41, 5.74) is 0.527. The van der Waals surface area contributed by atoms with Crippen molar-refractivity contribution in [1.29, 1.82) is 0 Å². The van der Waals surface area contributed by atoms with Crippen molar-refractivity contribution in [3.63, 3.8) is 0 Å². The Morgan fingerprint density at radius 1 is 0.862 bits per heavy atom. The fourth-order valence-electron chi connectivity index (χ4n) is 4.88. The van der Waals surface area contributed by atoms with Crippen molar-refractivity contribution in [2.75, 3.05) is 39.3 Å². The topological polar surface area (TPSA) is 60.9 Å². The van der Waals surface area contributed by atoms with Crippen LogP contribution in [0, 0.1) is 0 Å². The second kappa shape index (κ2) is 9.45. The first kappa shape index (κ1) is 21.3. The van der Waals surface area contributed by atoms with Gasteiger partial charge in [0.2, 0.25) is 0 Å². The van der Waals surface area contributed by atoms with Gasteiger partial charge in [0, 0.05) is 37.6 Å². The number of hydrogen-bond acceptors (Lipinski definition) is 5. The normalized spacial score (nSPS) is 23.8. The first-order valence-corrected chi connectivity index (χ1v) is 13.5. The van der Waals surface area contributed by atoms with E-state index in [1.165, 1.54) is 43.4 Å². The molecule has 0 N–H and O–H groups in total. The standard InChI is InChI=1S/C21H33N3O3S2/c25-21(23-12-4-1-2-5-13-23)18-16-20(28-17-18)29(26,27)24-14-8-19(9-15-24)22-10-6-3-7-11-22/h16-17,19H,1-15H2. The van der Waals surface area contributed by atoms with E-state index < -0.39 is 10.0 Å². The minimum absolute atomic E-state index is 0.0200. The maximum atomic E-state index is 13.1. The van der Waals surface area contributed by atoms with E-state index in [0.717, 1.165) is 51.9 Å². The fraction of sp³-hybridized carbons (Fsp3) is 0.762. The summed E-state index contributed by atoms with van der Waals surface area (Å²) in [5, 5.41) is 1.72. The number of carbonyl (C=O) groups is 1. The first-order chi connectivity index (χ1) is 14.1. The van der Waals surface area contributed by atoms with Crippen LogP contribution >= 0.6 is 11.3 Å². The molecule has 0 aliphatic carbocycles. The highest BCUT2D eigenvalue weighted by molar-refractivity contribution is 7.91. The molecule has 0 bridgehead atoms. The molecule has 0 atom stereocenters. The van der Waals surface area contributed by atoms with E-state index in [1.54, 1.807) is 15.8 Å². The van der Waals surface area contributed by atoms with Gasteiger partial charge in [0.05, 0.1) is 5.56 Å². The molecule has 8 heteroatoms. The van der Waals surface area contributed by atoms with Gasteiger partial charge in [-0.15, -0.1) is 11.3 Å². The lowest BCUT2D eigenvalue weighted by Gasteiger charge is -2.39. The van der Waals surface area contributed by atoms with Crippen LogP contribution in [0.3, 0.4) is 0 Å². The minimum atomic E-state index is -3.50. The Morgan fingerprint density at radius 2 is 1.45 bits per heavy atom. The molecule has 4 rings (SSSR count). The molecule has 1 aromatic rings. The van der Waals surface area contributed by atoms with Gasteiger partial charge >= 0.3 is 0 Å². The third-order valence-electron chi connectivity index (χ3n) is 6.64. The van der Waals surface area contributed by atoms with Gasteiger partial charge < -0.3 is 9.80 Å². The van der Waals surface area contributed by atoms with Crippen molar-refractivity contribution in [1.82, 2.24) is 14.1 Å². The number of hydrogen-bond donors (Lipinski definition) is 0. The highest BCUT2D eigenvalue weighted by Crippen LogP contribution is 2.29. The van der Waals surface area contributed by atoms with Crippen LogP contribution in [-0.4, -0.2) is 73.7 Å². The van der Waals surface area contributed by atoms with Gasteiger partial charge in [-0.3, -0.25) is 4.79 Å². The van der Waals surface area contributed by atoms with E-state index in [9.17, 15) is 13.2 Å². The molecule has 0 spiro atoms. The zero-order chi connectivity index (χ0) is 20.3. The molecule has 4 heterocycles. The molecule has 29 heavy (non-hydrogen) atoms. The monoisotopic (exact) mass is 439 g/mol. The Labute approximate surface area is 178 Å². The summed E-state index contributed by atoms with van der Waals surface area (Å²) >= 11 is 1.19. The molecule has 3 fully saturated rings. The fourth-order valence-corrected chi connectivity index (χ4v) is 7.65. The van der Waals surface area contributed by atoms with Gasteiger partial charge in [0.15, 0.2) is 0 Å². The lowest BCUT2D eigenvalue weighted by molar-refractivity contribution is 0.0762. The Morgan fingerprint density at radius 3 is 2.10 bits per heavy atom. The van der Waals surface area contributed by atoms with Crippen molar-refractivity contribution in [2.24, 2.45) is 0 Å². The zero-order valence-electron chi connectivity index (χ0n) is 17.2. The van der Waals surface area contributed by atoms with Crippen molar-refractivity contribution in [2.45, 2.75) is 68.0 Å². The maximum Gasteiger partial charge on any atom is 0.254 e. The van der Waals surface area contributed by atoms with Crippen LogP contribution in [-0.2, 0) is 10.0 Å². The van der Waals surface area contributed by atoms with Crippen LogP contribution in [0.15, 0.2) is 15.7 Å². The summed E-state index contributed by atoms with van der Waals surface area (Å²) in [4.78, 5) is 17.2. The molecule has 6 nitrogen and oxygen atoms in total. The summed E-state index contributed by atoms with van der Waals surface area (Å²) in [6.45, 7) is 5.03. The van der Waals surface area contributed by atoms with Crippen LogP contribution in [0.5, 0.6) is 0 Å². The smallest absolute Gasteiger partial charge is 0.254 e. The van der Waals surface area contributed by atoms with Gasteiger partial charge in [-0.1, -0.05) is 19.3 Å². The number of carbonyl (C=O) groups excluding carboxylic acids is 1. The van der Waals surface area contributed by atoms with E-state index in [-0.39, 0.29) is 5.91 Å². The van der Waals surface area contributed by atoms with E-state index in [1.807, 2.05) is 4.90 Å². The van der Waals surface area contributed by atoms with E-state index in [0.29, 0.717) is 28.9 Å². The number of piperidine rings is 2. The van der Waals surface area contributed by atoms with E-state index in [2.05, 4.69) is 4.90 Å². The van der Waals surface area contributed by atoms with Crippen LogP contribution in [0.25, 0.3) is 0 Å². The second-order valence-electron chi connectivity index (χ2n) is 8.59. The molecule has 1 amide bonds. The number of rotatable bonds is 4. The molecular weight excluding hydrogens is 406 g/mol. The Kier molecular flexibility index (Phi) is 6.94. The first-order valence-electron chi connectivity index (χ1n) is 11.2. The predicted molar refractivity (Wildman–Crippen MR) is 116 cm³/mol. The van der Waals surface area contributed by atoms with Gasteiger partial charge in [0.25, 0.3) is 15.9 Å². The molecule has 3 saturated heterocycles. The molecule has 0 aromatic carbocycles. The zero-order valence-corrected chi connectivity index (χ0v) is 18.9. The van der Waals surface area contributed by atoms with Crippen molar-refractivity contribution < 1.29 is 13.2 Å². The third-order valence-corrected chi connectivity index (χ3v) is 9.95. The molecule has 3 aliphatic rings. The van der Waals surface area contributed by atoms with Crippen molar-refractivity contribution in [3.05, 3.63) is 17.0 Å². The second-order valence-corrected chi connectivity index (χ2v) is 11.7. The van der Waals surface area contributed by atoms with Crippen LogP contribution in [0.1, 0.15) is 68.1 Å². The maximum absolute atomic E-state index is 13.1. The number of nitrogens with zero attached hydrogens (tertiary/aromatic N) is 3. The van der Waals surface area contributed by atoms with Gasteiger partial charge in [-0.2, -0.15) is 4.31 Å². The largest absolute Gasteiger partial charge is 0.339 e. The van der Waals surface area contributed by atoms with Gasteiger partial charge in [-0.05, 0) is 57.7 Å². The molecule has 0 radical (unpaired) electrons. The summed E-state index contributed by atoms with van der Waals surface area (Å²) in [7, 11) is -3.50. The van der Waals surface area contributed by atoms with Gasteiger partial charge in [-0.25, -0.2) is 8.42 Å². The SMILES string of the molecule is O=C(c1csc(S(=O)(=O)N2CCC(N3CCCCC3)CC2)c1)N1CCCCCC1. The quantitative estimate of drug-likeness (QED) is 0.721. The number of sulfonamides is 1. The van der Waals surface area contributed by atoms with E-state index >= 15 is 0 Å². The summed E-state index contributed by atoms with van der Waals surface area (Å²) in [5.74, 6) is -0.0200. The lowest BCUT2D eigenvalue weighted by atomic mass is 10.0. The average molecular weight is 440 g/mol. The highest BCUT2D eigenvalue weighted by atomic mass is 32.2.